The fourth-order valence-electron chi connectivity index (χ4n) is 0.781. The summed E-state index contributed by atoms with van der Waals surface area (Å²) in [7, 11) is 0. The van der Waals surface area contributed by atoms with Gasteiger partial charge in [0, 0.05) is 10.5 Å². The number of benzene rings is 1. The van der Waals surface area contributed by atoms with Crippen LogP contribution in [0.25, 0.3) is 0 Å². The van der Waals surface area contributed by atoms with Crippen LogP contribution in [-0.4, -0.2) is 12.0 Å². The highest BCUT2D eigenvalue weighted by Gasteiger charge is 1.98. The summed E-state index contributed by atoms with van der Waals surface area (Å²) in [6.45, 7) is 1.57. The lowest BCUT2D eigenvalue weighted by Gasteiger charge is -1.97. The summed E-state index contributed by atoms with van der Waals surface area (Å²) in [5.74, 6) is 0.106. The maximum absolute atomic E-state index is 10.9. The fourth-order valence-corrected chi connectivity index (χ4v) is 1.21. The fraction of sp³-hybridized carbons (Fsp3) is 0.222. The van der Waals surface area contributed by atoms with Crippen LogP contribution in [0.2, 0.25) is 0 Å². The third-order valence-electron chi connectivity index (χ3n) is 1.40. The highest BCUT2D eigenvalue weighted by atomic mass is 32.2. The van der Waals surface area contributed by atoms with Crippen LogP contribution in [0.3, 0.4) is 0 Å². The number of hydrogen-bond donors (Lipinski definition) is 0. The first-order chi connectivity index (χ1) is 5.24. The topological polar surface area (TPSA) is 17.1 Å². The molecule has 1 aromatic rings. The Morgan fingerprint density at radius 3 is 2.91 bits per heavy atom. The van der Waals surface area contributed by atoms with Gasteiger partial charge in [0.1, 0.15) is 0 Å². The van der Waals surface area contributed by atoms with E-state index in [1.807, 2.05) is 12.3 Å². The first-order valence-electron chi connectivity index (χ1n) is 3.30. The standard InChI is InChI=1S/C9H9OS/c1-7(10)8-4-3-5-9(6-8)11-2/h3-4,6H,1-2H3. The van der Waals surface area contributed by atoms with Gasteiger partial charge in [-0.3, -0.25) is 4.79 Å². The number of Topliss-reactive ketones (excluding diaryl/α,β-unsaturated/α-hetero) is 1. The van der Waals surface area contributed by atoms with Crippen LogP contribution in [0.5, 0.6) is 0 Å². The smallest absolute Gasteiger partial charge is 0.159 e. The maximum atomic E-state index is 10.9. The monoisotopic (exact) mass is 165 g/mol. The average Bonchev–Trinajstić information content (AvgIpc) is 2.05. The Kier molecular flexibility index (Phi) is 2.71. The molecule has 0 heterocycles. The number of ketones is 1. The molecule has 0 saturated heterocycles. The summed E-state index contributed by atoms with van der Waals surface area (Å²) in [4.78, 5) is 11.9. The zero-order chi connectivity index (χ0) is 8.27. The Bertz CT molecular complexity index is 268. The molecule has 1 nitrogen and oxygen atoms in total. The number of carbonyl (C=O) groups excluding carboxylic acids is 1. The van der Waals surface area contributed by atoms with Gasteiger partial charge >= 0.3 is 0 Å². The Morgan fingerprint density at radius 2 is 2.36 bits per heavy atom. The van der Waals surface area contributed by atoms with Crippen LogP contribution < -0.4 is 0 Å². The molecule has 0 aliphatic heterocycles. The van der Waals surface area contributed by atoms with Crippen LogP contribution >= 0.6 is 11.8 Å². The summed E-state index contributed by atoms with van der Waals surface area (Å²) in [5.41, 5.74) is 0.758. The lowest BCUT2D eigenvalue weighted by molar-refractivity contribution is 0.101. The lowest BCUT2D eigenvalue weighted by atomic mass is 10.2. The molecule has 0 atom stereocenters. The predicted octanol–water partition coefficient (Wildman–Crippen LogP) is 2.41. The quantitative estimate of drug-likeness (QED) is 0.494. The molecule has 0 saturated carbocycles. The molecule has 11 heavy (non-hydrogen) atoms. The normalized spacial score (nSPS) is 9.64. The van der Waals surface area contributed by atoms with Crippen LogP contribution in [0, 0.1) is 6.07 Å². The zero-order valence-corrected chi connectivity index (χ0v) is 7.37. The SMILES string of the molecule is CSc1[c]ccc(C(C)=O)c1. The molecule has 0 aliphatic carbocycles. The first-order valence-corrected chi connectivity index (χ1v) is 4.53. The molecule has 0 amide bonds. The van der Waals surface area contributed by atoms with Gasteiger partial charge in [-0.25, -0.2) is 0 Å². The van der Waals surface area contributed by atoms with Gasteiger partial charge in [-0.2, -0.15) is 0 Å². The van der Waals surface area contributed by atoms with Crippen molar-refractivity contribution in [2.75, 3.05) is 6.26 Å². The number of thioether (sulfide) groups is 1. The van der Waals surface area contributed by atoms with Crippen molar-refractivity contribution in [3.05, 3.63) is 29.8 Å². The molecule has 0 unspecified atom stereocenters. The Hall–Kier alpha value is -0.760. The summed E-state index contributed by atoms with van der Waals surface area (Å²) in [6.07, 6.45) is 1.97. The molecule has 1 rings (SSSR count). The van der Waals surface area contributed by atoms with Crippen LogP contribution in [0.1, 0.15) is 17.3 Å². The molecule has 0 bridgehead atoms. The van der Waals surface area contributed by atoms with Crippen molar-refractivity contribution >= 4 is 17.5 Å². The van der Waals surface area contributed by atoms with Crippen molar-refractivity contribution in [3.8, 4) is 0 Å². The second kappa shape index (κ2) is 3.58. The molecule has 0 aliphatic rings. The zero-order valence-electron chi connectivity index (χ0n) is 6.55. The first kappa shape index (κ1) is 8.34. The molecular formula is C9H9OS. The second-order valence-corrected chi connectivity index (χ2v) is 3.05. The molecule has 0 fully saturated rings. The van der Waals surface area contributed by atoms with E-state index in [1.54, 1.807) is 30.8 Å². The van der Waals surface area contributed by atoms with Crippen molar-refractivity contribution in [2.45, 2.75) is 11.8 Å². The van der Waals surface area contributed by atoms with Gasteiger partial charge in [0.05, 0.1) is 0 Å². The minimum atomic E-state index is 0.106. The molecular weight excluding hydrogens is 156 g/mol. The molecule has 1 radical (unpaired) electrons. The van der Waals surface area contributed by atoms with Gasteiger partial charge in [-0.05, 0) is 25.3 Å². The minimum absolute atomic E-state index is 0.106. The van der Waals surface area contributed by atoms with Gasteiger partial charge in [-0.15, -0.1) is 11.8 Å². The average molecular weight is 165 g/mol. The van der Waals surface area contributed by atoms with E-state index < -0.39 is 0 Å². The second-order valence-electron chi connectivity index (χ2n) is 2.20. The van der Waals surface area contributed by atoms with E-state index in [2.05, 4.69) is 6.07 Å². The van der Waals surface area contributed by atoms with E-state index >= 15 is 0 Å². The Balaban J connectivity index is 3.01. The van der Waals surface area contributed by atoms with E-state index in [1.165, 1.54) is 0 Å². The third kappa shape index (κ3) is 2.09. The summed E-state index contributed by atoms with van der Waals surface area (Å²) in [5, 5.41) is 0. The number of hydrogen-bond acceptors (Lipinski definition) is 2. The van der Waals surface area contributed by atoms with E-state index in [0.717, 1.165) is 10.5 Å². The lowest BCUT2D eigenvalue weighted by Crippen LogP contribution is -1.90. The molecule has 57 valence electrons. The Morgan fingerprint density at radius 1 is 1.64 bits per heavy atom. The largest absolute Gasteiger partial charge is 0.295 e. The predicted molar refractivity (Wildman–Crippen MR) is 47.1 cm³/mol. The Labute approximate surface area is 70.8 Å². The summed E-state index contributed by atoms with van der Waals surface area (Å²) < 4.78 is 0. The van der Waals surface area contributed by atoms with Crippen LogP contribution in [0.4, 0.5) is 0 Å². The van der Waals surface area contributed by atoms with Gasteiger partial charge in [0.15, 0.2) is 5.78 Å². The van der Waals surface area contributed by atoms with E-state index in [-0.39, 0.29) is 5.78 Å². The van der Waals surface area contributed by atoms with Crippen molar-refractivity contribution in [1.82, 2.24) is 0 Å². The van der Waals surface area contributed by atoms with Crippen LogP contribution in [-0.2, 0) is 0 Å². The maximum Gasteiger partial charge on any atom is 0.159 e. The van der Waals surface area contributed by atoms with E-state index in [4.69, 9.17) is 0 Å². The molecule has 0 N–H and O–H groups in total. The van der Waals surface area contributed by atoms with Gasteiger partial charge in [0.25, 0.3) is 0 Å². The van der Waals surface area contributed by atoms with Crippen molar-refractivity contribution in [1.29, 1.82) is 0 Å². The minimum Gasteiger partial charge on any atom is -0.295 e. The summed E-state index contributed by atoms with van der Waals surface area (Å²) >= 11 is 1.59. The van der Waals surface area contributed by atoms with E-state index in [0.29, 0.717) is 0 Å². The van der Waals surface area contributed by atoms with E-state index in [9.17, 15) is 4.79 Å². The van der Waals surface area contributed by atoms with Gasteiger partial charge in [-0.1, -0.05) is 12.1 Å². The number of carbonyl (C=O) groups is 1. The highest BCUT2D eigenvalue weighted by molar-refractivity contribution is 7.98. The van der Waals surface area contributed by atoms with Crippen molar-refractivity contribution in [2.24, 2.45) is 0 Å². The number of rotatable bonds is 2. The highest BCUT2D eigenvalue weighted by Crippen LogP contribution is 2.15. The third-order valence-corrected chi connectivity index (χ3v) is 2.08. The van der Waals surface area contributed by atoms with Crippen molar-refractivity contribution < 1.29 is 4.79 Å². The molecule has 1 aromatic carbocycles. The summed E-state index contributed by atoms with van der Waals surface area (Å²) in [6, 6.07) is 8.44. The molecule has 0 spiro atoms. The van der Waals surface area contributed by atoms with Gasteiger partial charge in [0.2, 0.25) is 0 Å². The van der Waals surface area contributed by atoms with Crippen molar-refractivity contribution in [3.63, 3.8) is 0 Å². The van der Waals surface area contributed by atoms with Crippen LogP contribution in [0.15, 0.2) is 23.1 Å². The van der Waals surface area contributed by atoms with Gasteiger partial charge < -0.3 is 0 Å². The molecule has 0 aromatic heterocycles. The molecule has 2 heteroatoms.